The molecule has 3 nitrogen and oxygen atoms in total. The summed E-state index contributed by atoms with van der Waals surface area (Å²) in [7, 11) is 0.280. The van der Waals surface area contributed by atoms with Gasteiger partial charge in [0, 0.05) is 7.05 Å². The van der Waals surface area contributed by atoms with Crippen molar-refractivity contribution < 1.29 is 9.53 Å². The molecule has 0 unspecified atom stereocenters. The number of nitrogens with one attached hydrogen (secondary N) is 1. The second kappa shape index (κ2) is 4.48. The van der Waals surface area contributed by atoms with Crippen molar-refractivity contribution in [1.82, 2.24) is 5.32 Å². The summed E-state index contributed by atoms with van der Waals surface area (Å²) in [6.45, 7) is 6.84. The largest absolute Gasteiger partial charge is 0.412 e. The first kappa shape index (κ1) is 11.8. The SMILES string of the molecule is CNC(=O)Oc1ccc([Si](C)(C)C)cc1. The van der Waals surface area contributed by atoms with Gasteiger partial charge in [0.25, 0.3) is 0 Å². The van der Waals surface area contributed by atoms with Gasteiger partial charge in [-0.05, 0) is 12.1 Å². The number of hydrogen-bond acceptors (Lipinski definition) is 2. The summed E-state index contributed by atoms with van der Waals surface area (Å²) in [6, 6.07) is 7.74. The zero-order valence-corrected chi connectivity index (χ0v) is 10.6. The minimum absolute atomic E-state index is 0.434. The first-order valence-electron chi connectivity index (χ1n) is 4.93. The molecule has 1 amide bonds. The molecule has 0 bridgehead atoms. The van der Waals surface area contributed by atoms with Gasteiger partial charge in [-0.15, -0.1) is 0 Å². The van der Waals surface area contributed by atoms with Crippen LogP contribution in [0.3, 0.4) is 0 Å². The van der Waals surface area contributed by atoms with Gasteiger partial charge >= 0.3 is 6.09 Å². The van der Waals surface area contributed by atoms with E-state index in [4.69, 9.17) is 4.74 Å². The van der Waals surface area contributed by atoms with Crippen molar-refractivity contribution >= 4 is 19.4 Å². The van der Waals surface area contributed by atoms with Gasteiger partial charge in [-0.1, -0.05) is 37.0 Å². The molecule has 1 rings (SSSR count). The van der Waals surface area contributed by atoms with E-state index < -0.39 is 14.2 Å². The highest BCUT2D eigenvalue weighted by Crippen LogP contribution is 2.10. The number of ether oxygens (including phenoxy) is 1. The Bertz CT molecular complexity index is 341. The minimum Gasteiger partial charge on any atom is -0.410 e. The van der Waals surface area contributed by atoms with Gasteiger partial charge in [0.2, 0.25) is 0 Å². The van der Waals surface area contributed by atoms with E-state index in [1.54, 1.807) is 7.05 Å². The lowest BCUT2D eigenvalue weighted by Gasteiger charge is -2.16. The van der Waals surface area contributed by atoms with Gasteiger partial charge in [-0.3, -0.25) is 0 Å². The predicted octanol–water partition coefficient (Wildman–Crippen LogP) is 1.95. The van der Waals surface area contributed by atoms with E-state index in [2.05, 4.69) is 25.0 Å². The number of carbonyl (C=O) groups is 1. The number of rotatable bonds is 2. The first-order chi connectivity index (χ1) is 6.93. The Morgan fingerprint density at radius 2 is 1.73 bits per heavy atom. The van der Waals surface area contributed by atoms with Crippen LogP contribution in [0.1, 0.15) is 0 Å². The van der Waals surface area contributed by atoms with Crippen molar-refractivity contribution in [1.29, 1.82) is 0 Å². The smallest absolute Gasteiger partial charge is 0.410 e. The number of carbonyl (C=O) groups excluding carboxylic acids is 1. The van der Waals surface area contributed by atoms with Crippen molar-refractivity contribution in [2.45, 2.75) is 19.6 Å². The lowest BCUT2D eigenvalue weighted by atomic mass is 10.3. The molecular formula is C11H17NO2Si. The average Bonchev–Trinajstić information content (AvgIpc) is 2.17. The monoisotopic (exact) mass is 223 g/mol. The maximum Gasteiger partial charge on any atom is 0.412 e. The Kier molecular flexibility index (Phi) is 3.52. The molecule has 4 heteroatoms. The Balaban J connectivity index is 2.77. The van der Waals surface area contributed by atoms with Crippen molar-refractivity contribution in [3.05, 3.63) is 24.3 Å². The summed E-state index contributed by atoms with van der Waals surface area (Å²) < 4.78 is 5.00. The average molecular weight is 223 g/mol. The second-order valence-corrected chi connectivity index (χ2v) is 9.49. The normalized spacial score (nSPS) is 10.9. The molecule has 0 heterocycles. The highest BCUT2D eigenvalue weighted by molar-refractivity contribution is 6.88. The van der Waals surface area contributed by atoms with Crippen molar-refractivity contribution in [3.63, 3.8) is 0 Å². The molecule has 0 aromatic heterocycles. The summed E-state index contributed by atoms with van der Waals surface area (Å²) in [5.41, 5.74) is 0. The molecular weight excluding hydrogens is 206 g/mol. The fourth-order valence-corrected chi connectivity index (χ4v) is 2.35. The van der Waals surface area contributed by atoms with Crippen LogP contribution in [-0.4, -0.2) is 21.2 Å². The number of benzene rings is 1. The van der Waals surface area contributed by atoms with Crippen molar-refractivity contribution in [2.24, 2.45) is 0 Å². The topological polar surface area (TPSA) is 38.3 Å². The summed E-state index contributed by atoms with van der Waals surface area (Å²) in [4.78, 5) is 10.9. The fourth-order valence-electron chi connectivity index (χ4n) is 1.18. The highest BCUT2D eigenvalue weighted by atomic mass is 28.3. The zero-order valence-electron chi connectivity index (χ0n) is 9.63. The summed E-state index contributed by atoms with van der Waals surface area (Å²) in [5.74, 6) is 0.580. The third kappa shape index (κ3) is 3.40. The van der Waals surface area contributed by atoms with E-state index in [1.165, 1.54) is 5.19 Å². The molecule has 1 N–H and O–H groups in total. The van der Waals surface area contributed by atoms with Crippen LogP contribution in [0.2, 0.25) is 19.6 Å². The minimum atomic E-state index is -1.26. The molecule has 15 heavy (non-hydrogen) atoms. The van der Waals surface area contributed by atoms with Crippen LogP contribution in [0, 0.1) is 0 Å². The van der Waals surface area contributed by atoms with Gasteiger partial charge in [-0.2, -0.15) is 0 Å². The molecule has 0 aliphatic rings. The molecule has 0 spiro atoms. The van der Waals surface area contributed by atoms with Gasteiger partial charge in [0.1, 0.15) is 5.75 Å². The van der Waals surface area contributed by atoms with Crippen LogP contribution in [-0.2, 0) is 0 Å². The Hall–Kier alpha value is -1.29. The fraction of sp³-hybridized carbons (Fsp3) is 0.364. The quantitative estimate of drug-likeness (QED) is 0.778. The maximum absolute atomic E-state index is 10.9. The lowest BCUT2D eigenvalue weighted by molar-refractivity contribution is 0.203. The van der Waals surface area contributed by atoms with Crippen LogP contribution in [0.4, 0.5) is 4.79 Å². The van der Waals surface area contributed by atoms with Crippen LogP contribution < -0.4 is 15.2 Å². The van der Waals surface area contributed by atoms with Gasteiger partial charge < -0.3 is 10.1 Å². The molecule has 1 aromatic carbocycles. The van der Waals surface area contributed by atoms with E-state index in [9.17, 15) is 4.79 Å². The summed E-state index contributed by atoms with van der Waals surface area (Å²) in [5, 5.41) is 3.76. The first-order valence-corrected chi connectivity index (χ1v) is 8.43. The van der Waals surface area contributed by atoms with E-state index in [0.717, 1.165) is 0 Å². The van der Waals surface area contributed by atoms with E-state index in [1.807, 2.05) is 24.3 Å². The summed E-state index contributed by atoms with van der Waals surface area (Å²) >= 11 is 0. The Morgan fingerprint density at radius 3 is 2.13 bits per heavy atom. The lowest BCUT2D eigenvalue weighted by Crippen LogP contribution is -2.37. The molecule has 0 saturated heterocycles. The van der Waals surface area contributed by atoms with E-state index in [-0.39, 0.29) is 0 Å². The molecule has 82 valence electrons. The molecule has 0 saturated carbocycles. The highest BCUT2D eigenvalue weighted by Gasteiger charge is 2.15. The van der Waals surface area contributed by atoms with Crippen LogP contribution in [0.5, 0.6) is 5.75 Å². The van der Waals surface area contributed by atoms with Gasteiger partial charge in [-0.25, -0.2) is 4.79 Å². The molecule has 0 aliphatic carbocycles. The van der Waals surface area contributed by atoms with E-state index in [0.29, 0.717) is 5.75 Å². The Labute approximate surface area is 91.5 Å². The zero-order chi connectivity index (χ0) is 11.5. The predicted molar refractivity (Wildman–Crippen MR) is 64.5 cm³/mol. The molecule has 0 aliphatic heterocycles. The van der Waals surface area contributed by atoms with E-state index >= 15 is 0 Å². The standard InChI is InChI=1S/C11H17NO2Si/c1-12-11(13)14-9-5-7-10(8-6-9)15(2,3)4/h5-8H,1-4H3,(H,12,13). The molecule has 0 fully saturated rings. The maximum atomic E-state index is 10.9. The van der Waals surface area contributed by atoms with Crippen molar-refractivity contribution in [3.8, 4) is 5.75 Å². The molecule has 0 radical (unpaired) electrons. The van der Waals surface area contributed by atoms with Gasteiger partial charge in [0.15, 0.2) is 0 Å². The van der Waals surface area contributed by atoms with Crippen LogP contribution in [0.15, 0.2) is 24.3 Å². The van der Waals surface area contributed by atoms with Crippen LogP contribution >= 0.6 is 0 Å². The molecule has 0 atom stereocenters. The van der Waals surface area contributed by atoms with Crippen molar-refractivity contribution in [2.75, 3.05) is 7.05 Å². The number of hydrogen-bond donors (Lipinski definition) is 1. The summed E-state index contributed by atoms with van der Waals surface area (Å²) in [6.07, 6.45) is -0.434. The third-order valence-electron chi connectivity index (χ3n) is 2.14. The molecule has 1 aromatic rings. The van der Waals surface area contributed by atoms with Crippen LogP contribution in [0.25, 0.3) is 0 Å². The third-order valence-corrected chi connectivity index (χ3v) is 4.20. The second-order valence-electron chi connectivity index (χ2n) is 4.41. The number of amides is 1. The Morgan fingerprint density at radius 1 is 1.20 bits per heavy atom. The van der Waals surface area contributed by atoms with Gasteiger partial charge in [0.05, 0.1) is 8.07 Å².